The van der Waals surface area contributed by atoms with Gasteiger partial charge in [0, 0.05) is 6.42 Å². The summed E-state index contributed by atoms with van der Waals surface area (Å²) < 4.78 is 5.50. The van der Waals surface area contributed by atoms with Gasteiger partial charge in [-0.25, -0.2) is 0 Å². The number of carbonyl (C=O) groups excluding carboxylic acids is 1. The van der Waals surface area contributed by atoms with Gasteiger partial charge in [0.15, 0.2) is 0 Å². The quantitative estimate of drug-likeness (QED) is 0.0347. The summed E-state index contributed by atoms with van der Waals surface area (Å²) >= 11 is 0. The van der Waals surface area contributed by atoms with Crippen LogP contribution >= 0.6 is 0 Å². The van der Waals surface area contributed by atoms with Crippen molar-refractivity contribution in [3.05, 3.63) is 12.2 Å². The fourth-order valence-electron chi connectivity index (χ4n) is 8.73. The zero-order valence-electron chi connectivity index (χ0n) is 40.7. The molecule has 346 valence electrons. The van der Waals surface area contributed by atoms with Crippen molar-refractivity contribution in [1.29, 1.82) is 0 Å². The molecule has 2 heteroatoms. The van der Waals surface area contributed by atoms with Crippen molar-refractivity contribution in [1.82, 2.24) is 0 Å². The summed E-state index contributed by atoms with van der Waals surface area (Å²) in [7, 11) is 0. The highest BCUT2D eigenvalue weighted by Crippen LogP contribution is 2.18. The van der Waals surface area contributed by atoms with Gasteiger partial charge >= 0.3 is 5.97 Å². The molecular weight excluding hydrogens is 705 g/mol. The molecule has 0 aromatic heterocycles. The highest BCUT2D eigenvalue weighted by Gasteiger charge is 2.03. The van der Waals surface area contributed by atoms with E-state index in [9.17, 15) is 4.79 Å². The van der Waals surface area contributed by atoms with Gasteiger partial charge in [0.25, 0.3) is 0 Å². The van der Waals surface area contributed by atoms with Crippen molar-refractivity contribution < 1.29 is 9.53 Å². The highest BCUT2D eigenvalue weighted by molar-refractivity contribution is 5.69. The van der Waals surface area contributed by atoms with Crippen molar-refractivity contribution in [2.45, 2.75) is 329 Å². The van der Waals surface area contributed by atoms with Crippen LogP contribution in [0.3, 0.4) is 0 Å². The number of carbonyl (C=O) groups is 1. The fourth-order valence-corrected chi connectivity index (χ4v) is 8.73. The van der Waals surface area contributed by atoms with Crippen molar-refractivity contribution in [2.24, 2.45) is 5.92 Å². The Morgan fingerprint density at radius 3 is 0.914 bits per heavy atom. The maximum atomic E-state index is 12.1. The lowest BCUT2D eigenvalue weighted by Gasteiger charge is -2.06. The Balaban J connectivity index is 3.15. The average Bonchev–Trinajstić information content (AvgIpc) is 3.22. The molecule has 0 aromatic rings. The largest absolute Gasteiger partial charge is 0.466 e. The van der Waals surface area contributed by atoms with Gasteiger partial charge in [-0.05, 0) is 44.4 Å². The average molecular weight is 815 g/mol. The van der Waals surface area contributed by atoms with Gasteiger partial charge in [0.05, 0.1) is 6.61 Å². The Morgan fingerprint density at radius 2 is 0.603 bits per heavy atom. The van der Waals surface area contributed by atoms with Crippen LogP contribution in [0, 0.1) is 5.92 Å². The third kappa shape index (κ3) is 53.2. The Morgan fingerprint density at radius 1 is 0.345 bits per heavy atom. The standard InChI is InChI=1S/C56H110O2/c1-4-5-6-7-8-9-10-11-12-28-32-35-38-41-44-47-50-53-56(57)58-54-51-48-45-42-39-36-33-30-27-25-23-21-19-17-15-13-14-16-18-20-22-24-26-29-31-34-37-40-43-46-49-52-55(2)3/h9-10,55H,4-8,11-54H2,1-3H3. The monoisotopic (exact) mass is 815 g/mol. The van der Waals surface area contributed by atoms with Crippen LogP contribution in [-0.2, 0) is 9.53 Å². The number of allylic oxidation sites excluding steroid dienone is 2. The zero-order valence-corrected chi connectivity index (χ0v) is 40.7. The molecule has 0 radical (unpaired) electrons. The summed E-state index contributed by atoms with van der Waals surface area (Å²) in [6.45, 7) is 7.61. The van der Waals surface area contributed by atoms with E-state index in [1.54, 1.807) is 0 Å². The summed E-state index contributed by atoms with van der Waals surface area (Å²) in [5, 5.41) is 0. The van der Waals surface area contributed by atoms with E-state index in [-0.39, 0.29) is 5.97 Å². The maximum absolute atomic E-state index is 12.1. The van der Waals surface area contributed by atoms with E-state index in [1.165, 1.54) is 289 Å². The smallest absolute Gasteiger partial charge is 0.305 e. The number of unbranched alkanes of at least 4 members (excludes halogenated alkanes) is 43. The Bertz CT molecular complexity index is 771. The van der Waals surface area contributed by atoms with Crippen molar-refractivity contribution in [3.8, 4) is 0 Å². The number of hydrogen-bond acceptors (Lipinski definition) is 2. The van der Waals surface area contributed by atoms with E-state index < -0.39 is 0 Å². The molecule has 0 amide bonds. The normalized spacial score (nSPS) is 11.8. The van der Waals surface area contributed by atoms with E-state index in [0.717, 1.165) is 18.8 Å². The van der Waals surface area contributed by atoms with Crippen molar-refractivity contribution >= 4 is 5.97 Å². The molecule has 0 heterocycles. The Hall–Kier alpha value is -0.790. The SMILES string of the molecule is CCCCCCC=CCCCCCCCCCCCC(=O)OCCCCCCCCCCCCCCCCCCCCCCCCCCCCCCCCCC(C)C. The lowest BCUT2D eigenvalue weighted by atomic mass is 10.0. The predicted molar refractivity (Wildman–Crippen MR) is 262 cm³/mol. The lowest BCUT2D eigenvalue weighted by molar-refractivity contribution is -0.143. The molecule has 0 atom stereocenters. The number of hydrogen-bond donors (Lipinski definition) is 0. The molecule has 0 aliphatic rings. The molecule has 0 rings (SSSR count). The second kappa shape index (κ2) is 52.3. The van der Waals surface area contributed by atoms with Crippen LogP contribution < -0.4 is 0 Å². The van der Waals surface area contributed by atoms with Crippen LogP contribution in [0.4, 0.5) is 0 Å². The minimum absolute atomic E-state index is 0.0285. The Labute approximate surface area is 367 Å². The fraction of sp³-hybridized carbons (Fsp3) is 0.946. The number of esters is 1. The molecule has 0 aromatic carbocycles. The first-order chi connectivity index (χ1) is 28.7. The summed E-state index contributed by atoms with van der Waals surface area (Å²) in [6.07, 6.45) is 70.9. The minimum Gasteiger partial charge on any atom is -0.466 e. The van der Waals surface area contributed by atoms with E-state index in [2.05, 4.69) is 32.9 Å². The number of rotatable bonds is 51. The molecule has 0 saturated carbocycles. The summed E-state index contributed by atoms with van der Waals surface area (Å²) in [5.41, 5.74) is 0. The van der Waals surface area contributed by atoms with Crippen LogP contribution in [0.15, 0.2) is 12.2 Å². The third-order valence-corrected chi connectivity index (χ3v) is 12.8. The minimum atomic E-state index is 0.0285. The molecule has 0 aliphatic heterocycles. The van der Waals surface area contributed by atoms with Crippen molar-refractivity contribution in [2.75, 3.05) is 6.61 Å². The van der Waals surface area contributed by atoms with Gasteiger partial charge in [0.2, 0.25) is 0 Å². The van der Waals surface area contributed by atoms with E-state index >= 15 is 0 Å². The number of ether oxygens (including phenoxy) is 1. The van der Waals surface area contributed by atoms with Gasteiger partial charge in [-0.15, -0.1) is 0 Å². The van der Waals surface area contributed by atoms with Gasteiger partial charge in [-0.2, -0.15) is 0 Å². The predicted octanol–water partition coefficient (Wildman–Crippen LogP) is 20.5. The Kier molecular flexibility index (Phi) is 51.6. The second-order valence-electron chi connectivity index (χ2n) is 19.4. The van der Waals surface area contributed by atoms with Gasteiger partial charge < -0.3 is 4.74 Å². The molecule has 0 bridgehead atoms. The summed E-state index contributed by atoms with van der Waals surface area (Å²) in [6, 6.07) is 0. The summed E-state index contributed by atoms with van der Waals surface area (Å²) in [4.78, 5) is 12.1. The molecule has 58 heavy (non-hydrogen) atoms. The van der Waals surface area contributed by atoms with E-state index in [1.807, 2.05) is 0 Å². The van der Waals surface area contributed by atoms with Crippen LogP contribution in [-0.4, -0.2) is 12.6 Å². The second-order valence-corrected chi connectivity index (χ2v) is 19.4. The first kappa shape index (κ1) is 57.2. The van der Waals surface area contributed by atoms with E-state index in [4.69, 9.17) is 4.74 Å². The maximum Gasteiger partial charge on any atom is 0.305 e. The van der Waals surface area contributed by atoms with Crippen LogP contribution in [0.25, 0.3) is 0 Å². The molecule has 0 N–H and O–H groups in total. The zero-order chi connectivity index (χ0) is 41.9. The van der Waals surface area contributed by atoms with Gasteiger partial charge in [-0.3, -0.25) is 4.79 Å². The van der Waals surface area contributed by atoms with E-state index in [0.29, 0.717) is 13.0 Å². The van der Waals surface area contributed by atoms with Crippen molar-refractivity contribution in [3.63, 3.8) is 0 Å². The molecule has 0 spiro atoms. The van der Waals surface area contributed by atoms with Gasteiger partial charge in [-0.1, -0.05) is 296 Å². The van der Waals surface area contributed by atoms with Crippen LogP contribution in [0.1, 0.15) is 329 Å². The summed E-state index contributed by atoms with van der Waals surface area (Å²) in [5.74, 6) is 0.918. The first-order valence-electron chi connectivity index (χ1n) is 27.5. The molecule has 0 saturated heterocycles. The first-order valence-corrected chi connectivity index (χ1v) is 27.5. The van der Waals surface area contributed by atoms with Crippen LogP contribution in [0.2, 0.25) is 0 Å². The van der Waals surface area contributed by atoms with Gasteiger partial charge in [0.1, 0.15) is 0 Å². The molecular formula is C56H110O2. The molecule has 0 unspecified atom stereocenters. The lowest BCUT2D eigenvalue weighted by Crippen LogP contribution is -2.05. The molecule has 0 aliphatic carbocycles. The highest BCUT2D eigenvalue weighted by atomic mass is 16.5. The molecule has 2 nitrogen and oxygen atoms in total. The topological polar surface area (TPSA) is 26.3 Å². The van der Waals surface area contributed by atoms with Crippen LogP contribution in [0.5, 0.6) is 0 Å². The molecule has 0 fully saturated rings. The third-order valence-electron chi connectivity index (χ3n) is 12.8.